The normalized spacial score (nSPS) is 13.2. The van der Waals surface area contributed by atoms with E-state index in [9.17, 15) is 14.4 Å². The minimum absolute atomic E-state index is 0.330. The van der Waals surface area contributed by atoms with Crippen LogP contribution in [0, 0.1) is 0 Å². The van der Waals surface area contributed by atoms with Crippen molar-refractivity contribution in [3.63, 3.8) is 0 Å². The van der Waals surface area contributed by atoms with Crippen molar-refractivity contribution in [1.29, 1.82) is 0 Å². The van der Waals surface area contributed by atoms with Crippen LogP contribution in [0.2, 0.25) is 0 Å². The lowest BCUT2D eigenvalue weighted by atomic mass is 9.91. The number of esters is 1. The number of carbonyl (C=O) groups excluding carboxylic acids is 3. The smallest absolute Gasteiger partial charge is 0.338 e. The number of anilines is 1. The summed E-state index contributed by atoms with van der Waals surface area (Å²) in [5.74, 6) is -1.32. The molecule has 0 radical (unpaired) electrons. The number of hydrogen-bond acceptors (Lipinski definition) is 4. The highest BCUT2D eigenvalue weighted by molar-refractivity contribution is 6.36. The largest absolute Gasteiger partial charge is 0.465 e. The zero-order chi connectivity index (χ0) is 17.6. The van der Waals surface area contributed by atoms with Crippen molar-refractivity contribution in [2.75, 3.05) is 12.0 Å². The van der Waals surface area contributed by atoms with E-state index in [0.717, 1.165) is 4.90 Å². The lowest BCUT2D eigenvalue weighted by Gasteiger charge is -2.27. The van der Waals surface area contributed by atoms with Crippen LogP contribution in [0.25, 0.3) is 10.8 Å². The fourth-order valence-electron chi connectivity index (χ4n) is 3.20. The summed E-state index contributed by atoms with van der Waals surface area (Å²) >= 11 is 0. The average molecular weight is 331 g/mol. The minimum Gasteiger partial charge on any atom is -0.465 e. The van der Waals surface area contributed by atoms with Crippen molar-refractivity contribution in [3.05, 3.63) is 77.4 Å². The van der Waals surface area contributed by atoms with Crippen LogP contribution < -0.4 is 4.90 Å². The Morgan fingerprint density at radius 1 is 0.840 bits per heavy atom. The number of para-hydroxylation sites is 1. The SMILES string of the molecule is COC(=O)c1ccc2c3c(cccc13)C(=O)N(c1ccccc1)C2=O. The molecule has 0 unspecified atom stereocenters. The summed E-state index contributed by atoms with van der Waals surface area (Å²) in [6, 6.07) is 17.0. The van der Waals surface area contributed by atoms with E-state index in [1.54, 1.807) is 54.6 Å². The zero-order valence-electron chi connectivity index (χ0n) is 13.4. The third-order valence-corrected chi connectivity index (χ3v) is 4.33. The molecule has 25 heavy (non-hydrogen) atoms. The van der Waals surface area contributed by atoms with Crippen LogP contribution >= 0.6 is 0 Å². The number of ether oxygens (including phenoxy) is 1. The van der Waals surface area contributed by atoms with E-state index in [1.165, 1.54) is 7.11 Å². The molecular weight excluding hydrogens is 318 g/mol. The zero-order valence-corrected chi connectivity index (χ0v) is 13.4. The van der Waals surface area contributed by atoms with Crippen molar-refractivity contribution >= 4 is 34.2 Å². The fraction of sp³-hybridized carbons (Fsp3) is 0.0500. The average Bonchev–Trinajstić information content (AvgIpc) is 2.66. The monoisotopic (exact) mass is 331 g/mol. The van der Waals surface area contributed by atoms with Gasteiger partial charge < -0.3 is 4.74 Å². The highest BCUT2D eigenvalue weighted by atomic mass is 16.5. The number of nitrogens with zero attached hydrogens (tertiary/aromatic N) is 1. The van der Waals surface area contributed by atoms with Crippen molar-refractivity contribution in [2.24, 2.45) is 0 Å². The molecule has 0 saturated heterocycles. The first-order chi connectivity index (χ1) is 12.1. The van der Waals surface area contributed by atoms with Crippen LogP contribution in [0.4, 0.5) is 5.69 Å². The van der Waals surface area contributed by atoms with Gasteiger partial charge in [-0.05, 0) is 35.7 Å². The van der Waals surface area contributed by atoms with Gasteiger partial charge in [0.15, 0.2) is 0 Å². The van der Waals surface area contributed by atoms with Gasteiger partial charge in [-0.25, -0.2) is 9.69 Å². The molecule has 0 aliphatic carbocycles. The maximum Gasteiger partial charge on any atom is 0.338 e. The van der Waals surface area contributed by atoms with Crippen LogP contribution in [0.3, 0.4) is 0 Å². The Kier molecular flexibility index (Phi) is 3.35. The maximum absolute atomic E-state index is 13.0. The lowest BCUT2D eigenvalue weighted by molar-refractivity contribution is 0.0602. The summed E-state index contributed by atoms with van der Waals surface area (Å²) in [5.41, 5.74) is 1.62. The summed E-state index contributed by atoms with van der Waals surface area (Å²) in [6.07, 6.45) is 0. The van der Waals surface area contributed by atoms with Crippen LogP contribution in [-0.4, -0.2) is 24.9 Å². The second-order valence-electron chi connectivity index (χ2n) is 5.66. The molecule has 4 rings (SSSR count). The molecule has 0 bridgehead atoms. The fourth-order valence-corrected chi connectivity index (χ4v) is 3.20. The number of methoxy groups -OCH3 is 1. The van der Waals surface area contributed by atoms with E-state index < -0.39 is 17.8 Å². The first kappa shape index (κ1) is 15.1. The molecule has 1 heterocycles. The summed E-state index contributed by atoms with van der Waals surface area (Å²) in [6.45, 7) is 0. The first-order valence-electron chi connectivity index (χ1n) is 7.71. The molecule has 122 valence electrons. The van der Waals surface area contributed by atoms with Crippen molar-refractivity contribution < 1.29 is 19.1 Å². The molecule has 1 aliphatic heterocycles. The van der Waals surface area contributed by atoms with Gasteiger partial charge in [0.25, 0.3) is 11.8 Å². The highest BCUT2D eigenvalue weighted by Gasteiger charge is 2.34. The third-order valence-electron chi connectivity index (χ3n) is 4.33. The predicted molar refractivity (Wildman–Crippen MR) is 92.9 cm³/mol. The second kappa shape index (κ2) is 5.56. The van der Waals surface area contributed by atoms with Crippen molar-refractivity contribution in [2.45, 2.75) is 0 Å². The van der Waals surface area contributed by atoms with E-state index in [2.05, 4.69) is 0 Å². The van der Waals surface area contributed by atoms with Crippen LogP contribution in [0.15, 0.2) is 60.7 Å². The summed E-state index contributed by atoms with van der Waals surface area (Å²) in [4.78, 5) is 39.1. The van der Waals surface area contributed by atoms with Gasteiger partial charge in [0.1, 0.15) is 0 Å². The molecule has 0 spiro atoms. The Morgan fingerprint density at radius 3 is 2.20 bits per heavy atom. The van der Waals surface area contributed by atoms with Gasteiger partial charge in [0.2, 0.25) is 0 Å². The molecule has 5 nitrogen and oxygen atoms in total. The van der Waals surface area contributed by atoms with E-state index in [4.69, 9.17) is 4.74 Å². The van der Waals surface area contributed by atoms with Crippen molar-refractivity contribution in [1.82, 2.24) is 0 Å². The first-order valence-corrected chi connectivity index (χ1v) is 7.71. The van der Waals surface area contributed by atoms with Crippen LogP contribution in [-0.2, 0) is 4.74 Å². The number of benzene rings is 3. The Morgan fingerprint density at radius 2 is 1.52 bits per heavy atom. The van der Waals surface area contributed by atoms with Gasteiger partial charge in [-0.2, -0.15) is 0 Å². The van der Waals surface area contributed by atoms with Crippen LogP contribution in [0.5, 0.6) is 0 Å². The summed E-state index contributed by atoms with van der Waals surface area (Å²) in [5, 5.41) is 1.03. The number of rotatable bonds is 2. The minimum atomic E-state index is -0.505. The molecule has 1 aliphatic rings. The Hall–Kier alpha value is -3.47. The van der Waals surface area contributed by atoms with Gasteiger partial charge in [-0.15, -0.1) is 0 Å². The van der Waals surface area contributed by atoms with E-state index in [-0.39, 0.29) is 0 Å². The highest BCUT2D eigenvalue weighted by Crippen LogP contribution is 2.34. The Balaban J connectivity index is 2.00. The summed E-state index contributed by atoms with van der Waals surface area (Å²) in [7, 11) is 1.30. The van der Waals surface area contributed by atoms with E-state index >= 15 is 0 Å². The molecule has 0 atom stereocenters. The Bertz CT molecular complexity index is 1020. The third kappa shape index (κ3) is 2.13. The number of hydrogen-bond donors (Lipinski definition) is 0. The molecule has 3 aromatic carbocycles. The molecule has 0 aromatic heterocycles. The molecule has 2 amide bonds. The quantitative estimate of drug-likeness (QED) is 0.533. The molecular formula is C20H13NO4. The van der Waals surface area contributed by atoms with Gasteiger partial charge >= 0.3 is 5.97 Å². The molecule has 0 N–H and O–H groups in total. The van der Waals surface area contributed by atoms with E-state index in [0.29, 0.717) is 33.2 Å². The molecule has 5 heteroatoms. The Labute approximate surface area is 143 Å². The number of amides is 2. The van der Waals surface area contributed by atoms with Gasteiger partial charge in [0, 0.05) is 16.5 Å². The second-order valence-corrected chi connectivity index (χ2v) is 5.66. The van der Waals surface area contributed by atoms with Gasteiger partial charge in [-0.3, -0.25) is 9.59 Å². The summed E-state index contributed by atoms with van der Waals surface area (Å²) < 4.78 is 4.80. The van der Waals surface area contributed by atoms with Crippen molar-refractivity contribution in [3.8, 4) is 0 Å². The van der Waals surface area contributed by atoms with Gasteiger partial charge in [-0.1, -0.05) is 30.3 Å². The van der Waals surface area contributed by atoms with Crippen LogP contribution in [0.1, 0.15) is 31.1 Å². The number of carbonyl (C=O) groups is 3. The molecule has 0 fully saturated rings. The van der Waals surface area contributed by atoms with E-state index in [1.807, 2.05) is 6.07 Å². The number of imide groups is 1. The maximum atomic E-state index is 13.0. The van der Waals surface area contributed by atoms with Gasteiger partial charge in [0.05, 0.1) is 18.4 Å². The standard InChI is InChI=1S/C20H13NO4/c1-25-20(24)14-10-11-16-17-13(14)8-5-9-15(17)18(22)21(19(16)23)12-6-3-2-4-7-12/h2-11H,1H3. The molecule has 0 saturated carbocycles. The predicted octanol–water partition coefficient (Wildman–Crippen LogP) is 3.43. The topological polar surface area (TPSA) is 63.7 Å². The molecule has 3 aromatic rings. The lowest BCUT2D eigenvalue weighted by Crippen LogP contribution is -2.40.